The molecule has 1 aromatic carbocycles. The molecular formula is C23H36N6. The van der Waals surface area contributed by atoms with Gasteiger partial charge in [-0.15, -0.1) is 0 Å². The average molecular weight is 397 g/mol. The number of benzene rings is 1. The van der Waals surface area contributed by atoms with Crippen molar-refractivity contribution in [2.75, 3.05) is 32.7 Å². The molecule has 6 nitrogen and oxygen atoms in total. The van der Waals surface area contributed by atoms with E-state index in [9.17, 15) is 0 Å². The first-order chi connectivity index (χ1) is 14.1. The molecule has 1 atom stereocenters. The van der Waals surface area contributed by atoms with Gasteiger partial charge < -0.3 is 10.2 Å². The van der Waals surface area contributed by atoms with Crippen LogP contribution in [0.1, 0.15) is 49.8 Å². The molecule has 2 heterocycles. The van der Waals surface area contributed by atoms with Gasteiger partial charge in [-0.1, -0.05) is 38.1 Å². The van der Waals surface area contributed by atoms with Crippen LogP contribution in [0.25, 0.3) is 0 Å². The fourth-order valence-corrected chi connectivity index (χ4v) is 4.00. The Morgan fingerprint density at radius 1 is 1.24 bits per heavy atom. The Kier molecular flexibility index (Phi) is 7.69. The number of aryl methyl sites for hydroxylation is 1. The fourth-order valence-electron chi connectivity index (χ4n) is 4.00. The van der Waals surface area contributed by atoms with E-state index in [1.165, 1.54) is 16.7 Å². The third kappa shape index (κ3) is 5.82. The van der Waals surface area contributed by atoms with Gasteiger partial charge in [0.15, 0.2) is 5.96 Å². The van der Waals surface area contributed by atoms with Gasteiger partial charge in [-0.2, -0.15) is 5.10 Å². The van der Waals surface area contributed by atoms with E-state index in [0.717, 1.165) is 51.6 Å². The highest BCUT2D eigenvalue weighted by Crippen LogP contribution is 2.26. The topological polar surface area (TPSA) is 48.7 Å². The highest BCUT2D eigenvalue weighted by atomic mass is 15.3. The Morgan fingerprint density at radius 2 is 2.03 bits per heavy atom. The van der Waals surface area contributed by atoms with Crippen molar-refractivity contribution in [2.45, 2.75) is 46.2 Å². The standard InChI is InChI=1S/C23H36N6/c1-5-24-23(29-12-11-21(18-29)22-15-26-27(4)17-22)25-14-19-9-8-10-20(13-19)16-28(6-2)7-3/h8-10,13,15,17,21H,5-7,11-12,14,16,18H2,1-4H3,(H,24,25). The molecule has 0 aliphatic carbocycles. The van der Waals surface area contributed by atoms with Crippen LogP contribution < -0.4 is 5.32 Å². The second-order valence-corrected chi connectivity index (χ2v) is 7.83. The van der Waals surface area contributed by atoms with Crippen molar-refractivity contribution < 1.29 is 0 Å². The molecule has 1 saturated heterocycles. The van der Waals surface area contributed by atoms with Crippen molar-refractivity contribution in [3.63, 3.8) is 0 Å². The van der Waals surface area contributed by atoms with Crippen molar-refractivity contribution in [3.05, 3.63) is 53.3 Å². The summed E-state index contributed by atoms with van der Waals surface area (Å²) in [4.78, 5) is 9.79. The number of rotatable bonds is 8. The predicted octanol–water partition coefficient (Wildman–Crippen LogP) is 3.22. The highest BCUT2D eigenvalue weighted by molar-refractivity contribution is 5.80. The second kappa shape index (κ2) is 10.4. The lowest BCUT2D eigenvalue weighted by Gasteiger charge is -2.22. The minimum absolute atomic E-state index is 0.532. The van der Waals surface area contributed by atoms with E-state index < -0.39 is 0 Å². The summed E-state index contributed by atoms with van der Waals surface area (Å²) in [5, 5.41) is 7.82. The molecule has 1 aliphatic rings. The first-order valence-corrected chi connectivity index (χ1v) is 10.9. The maximum atomic E-state index is 4.96. The second-order valence-electron chi connectivity index (χ2n) is 7.83. The minimum atomic E-state index is 0.532. The van der Waals surface area contributed by atoms with Crippen LogP contribution in [0.15, 0.2) is 41.7 Å². The van der Waals surface area contributed by atoms with Crippen molar-refractivity contribution in [2.24, 2.45) is 12.0 Å². The molecule has 0 saturated carbocycles. The van der Waals surface area contributed by atoms with Gasteiger partial charge in [-0.05, 0) is 43.1 Å². The van der Waals surface area contributed by atoms with Crippen LogP contribution in [0.3, 0.4) is 0 Å². The third-order valence-corrected chi connectivity index (χ3v) is 5.72. The molecular weight excluding hydrogens is 360 g/mol. The molecule has 0 radical (unpaired) electrons. The summed E-state index contributed by atoms with van der Waals surface area (Å²) in [6, 6.07) is 8.86. The van der Waals surface area contributed by atoms with Gasteiger partial charge >= 0.3 is 0 Å². The third-order valence-electron chi connectivity index (χ3n) is 5.72. The minimum Gasteiger partial charge on any atom is -0.357 e. The van der Waals surface area contributed by atoms with Gasteiger partial charge in [0.05, 0.1) is 12.7 Å². The van der Waals surface area contributed by atoms with E-state index in [0.29, 0.717) is 12.5 Å². The van der Waals surface area contributed by atoms with E-state index in [1.807, 2.05) is 17.9 Å². The molecule has 29 heavy (non-hydrogen) atoms. The summed E-state index contributed by atoms with van der Waals surface area (Å²) in [5.74, 6) is 1.55. The summed E-state index contributed by atoms with van der Waals surface area (Å²) in [5.41, 5.74) is 3.97. The zero-order valence-corrected chi connectivity index (χ0v) is 18.4. The maximum absolute atomic E-state index is 4.96. The van der Waals surface area contributed by atoms with Crippen molar-refractivity contribution in [3.8, 4) is 0 Å². The largest absolute Gasteiger partial charge is 0.357 e. The average Bonchev–Trinajstić information content (AvgIpc) is 3.39. The van der Waals surface area contributed by atoms with Crippen LogP contribution in [0.4, 0.5) is 0 Å². The highest BCUT2D eigenvalue weighted by Gasteiger charge is 2.26. The molecule has 1 unspecified atom stereocenters. The van der Waals surface area contributed by atoms with Crippen molar-refractivity contribution >= 4 is 5.96 Å². The summed E-state index contributed by atoms with van der Waals surface area (Å²) >= 11 is 0. The number of hydrogen-bond donors (Lipinski definition) is 1. The van der Waals surface area contributed by atoms with E-state index in [-0.39, 0.29) is 0 Å². The molecule has 158 valence electrons. The Balaban J connectivity index is 1.65. The molecule has 1 N–H and O–H groups in total. The summed E-state index contributed by atoms with van der Waals surface area (Å²) < 4.78 is 1.89. The van der Waals surface area contributed by atoms with Crippen LogP contribution in [0.5, 0.6) is 0 Å². The molecule has 6 heteroatoms. The summed E-state index contributed by atoms with van der Waals surface area (Å²) in [7, 11) is 1.98. The normalized spacial score (nSPS) is 17.3. The number of aliphatic imine (C=N–C) groups is 1. The molecule has 0 amide bonds. The lowest BCUT2D eigenvalue weighted by molar-refractivity contribution is 0.296. The Bertz CT molecular complexity index is 792. The van der Waals surface area contributed by atoms with Gasteiger partial charge in [-0.3, -0.25) is 9.58 Å². The first kappa shape index (κ1) is 21.4. The van der Waals surface area contributed by atoms with Gasteiger partial charge in [-0.25, -0.2) is 4.99 Å². The number of aromatic nitrogens is 2. The maximum Gasteiger partial charge on any atom is 0.194 e. The van der Waals surface area contributed by atoms with Gasteiger partial charge in [0, 0.05) is 45.3 Å². The lowest BCUT2D eigenvalue weighted by atomic mass is 10.0. The summed E-state index contributed by atoms with van der Waals surface area (Å²) in [6.45, 7) is 13.4. The SMILES string of the molecule is CCNC(=NCc1cccc(CN(CC)CC)c1)N1CCC(c2cnn(C)c2)C1. The van der Waals surface area contributed by atoms with E-state index in [2.05, 4.69) is 71.4 Å². The number of nitrogens with one attached hydrogen (secondary N) is 1. The Labute approximate surface area is 175 Å². The van der Waals surface area contributed by atoms with E-state index in [4.69, 9.17) is 4.99 Å². The lowest BCUT2D eigenvalue weighted by Crippen LogP contribution is -2.40. The van der Waals surface area contributed by atoms with E-state index in [1.54, 1.807) is 0 Å². The molecule has 0 spiro atoms. The molecule has 0 bridgehead atoms. The molecule has 1 aliphatic heterocycles. The predicted molar refractivity (Wildman–Crippen MR) is 120 cm³/mol. The van der Waals surface area contributed by atoms with Crippen LogP contribution in [0.2, 0.25) is 0 Å². The molecule has 1 fully saturated rings. The number of hydrogen-bond acceptors (Lipinski definition) is 3. The zero-order valence-electron chi connectivity index (χ0n) is 18.4. The zero-order chi connectivity index (χ0) is 20.6. The number of nitrogens with zero attached hydrogens (tertiary/aromatic N) is 5. The fraction of sp³-hybridized carbons (Fsp3) is 0.565. The first-order valence-electron chi connectivity index (χ1n) is 10.9. The van der Waals surface area contributed by atoms with Crippen LogP contribution >= 0.6 is 0 Å². The van der Waals surface area contributed by atoms with Gasteiger partial charge in [0.25, 0.3) is 0 Å². The summed E-state index contributed by atoms with van der Waals surface area (Å²) in [6.07, 6.45) is 5.29. The van der Waals surface area contributed by atoms with Crippen molar-refractivity contribution in [1.82, 2.24) is 24.9 Å². The Morgan fingerprint density at radius 3 is 2.72 bits per heavy atom. The quantitative estimate of drug-likeness (QED) is 0.550. The smallest absolute Gasteiger partial charge is 0.194 e. The molecule has 2 aromatic rings. The van der Waals surface area contributed by atoms with Crippen LogP contribution in [-0.2, 0) is 20.1 Å². The number of likely N-dealkylation sites (tertiary alicyclic amines) is 1. The van der Waals surface area contributed by atoms with Crippen LogP contribution in [-0.4, -0.2) is 58.3 Å². The van der Waals surface area contributed by atoms with E-state index >= 15 is 0 Å². The van der Waals surface area contributed by atoms with Crippen LogP contribution in [0, 0.1) is 0 Å². The molecule has 3 rings (SSSR count). The van der Waals surface area contributed by atoms with Gasteiger partial charge in [0.1, 0.15) is 0 Å². The number of guanidine groups is 1. The van der Waals surface area contributed by atoms with Crippen molar-refractivity contribution in [1.29, 1.82) is 0 Å². The van der Waals surface area contributed by atoms with Gasteiger partial charge in [0.2, 0.25) is 0 Å². The monoisotopic (exact) mass is 396 g/mol. The Hall–Kier alpha value is -2.34. The molecule has 1 aromatic heterocycles.